The van der Waals surface area contributed by atoms with Crippen molar-refractivity contribution in [3.05, 3.63) is 29.3 Å². The van der Waals surface area contributed by atoms with Crippen molar-refractivity contribution in [2.45, 2.75) is 26.7 Å². The van der Waals surface area contributed by atoms with E-state index in [9.17, 15) is 4.79 Å². The molecule has 0 amide bonds. The Hall–Kier alpha value is -1.31. The van der Waals surface area contributed by atoms with Gasteiger partial charge in [-0.3, -0.25) is 0 Å². The van der Waals surface area contributed by atoms with Crippen LogP contribution in [0.2, 0.25) is 0 Å². The lowest BCUT2D eigenvalue weighted by molar-refractivity contribution is -0.114. The molecule has 0 bridgehead atoms. The van der Waals surface area contributed by atoms with E-state index in [1.165, 1.54) is 11.1 Å². The summed E-state index contributed by atoms with van der Waals surface area (Å²) in [5.41, 5.74) is 2.22. The molecule has 1 aliphatic rings. The number of carbonyl (C=O) groups is 1. The molecule has 0 spiro atoms. The first kappa shape index (κ1) is 10.2. The van der Waals surface area contributed by atoms with Gasteiger partial charge in [0.2, 0.25) is 0 Å². The fourth-order valence-corrected chi connectivity index (χ4v) is 1.92. The Bertz CT molecular complexity index is 380. The number of carbonyl (C=O) groups excluding carboxylic acids is 1. The number of rotatable bonds is 3. The van der Waals surface area contributed by atoms with Gasteiger partial charge in [0.25, 0.3) is 0 Å². The highest BCUT2D eigenvalue weighted by atomic mass is 16.5. The second-order valence-corrected chi connectivity index (χ2v) is 4.82. The number of aldehydes is 1. The normalized spacial score (nSPS) is 14.5. The highest BCUT2D eigenvalue weighted by molar-refractivity contribution is 5.59. The zero-order chi connectivity index (χ0) is 10.9. The summed E-state index contributed by atoms with van der Waals surface area (Å²) in [4.78, 5) is 10.8. The zero-order valence-corrected chi connectivity index (χ0v) is 9.25. The molecule has 0 fully saturated rings. The monoisotopic (exact) mass is 204 g/mol. The summed E-state index contributed by atoms with van der Waals surface area (Å²) in [6.07, 6.45) is 2.81. The molecule has 2 nitrogen and oxygen atoms in total. The second kappa shape index (κ2) is 3.69. The van der Waals surface area contributed by atoms with E-state index in [-0.39, 0.29) is 5.41 Å². The molecular weight excluding hydrogens is 188 g/mol. The Labute approximate surface area is 90.3 Å². The summed E-state index contributed by atoms with van der Waals surface area (Å²) < 4.78 is 5.44. The lowest BCUT2D eigenvalue weighted by Crippen LogP contribution is -2.16. The molecule has 2 rings (SSSR count). The van der Waals surface area contributed by atoms with Crippen LogP contribution < -0.4 is 4.74 Å². The number of hydrogen-bond acceptors (Lipinski definition) is 2. The zero-order valence-electron chi connectivity index (χ0n) is 9.25. The summed E-state index contributed by atoms with van der Waals surface area (Å²) in [5.74, 6) is 1.00. The summed E-state index contributed by atoms with van der Waals surface area (Å²) in [7, 11) is 0. The molecule has 80 valence electrons. The summed E-state index contributed by atoms with van der Waals surface area (Å²) in [6, 6.07) is 6.22. The van der Waals surface area contributed by atoms with Crippen molar-refractivity contribution in [2.75, 3.05) is 6.61 Å². The Morgan fingerprint density at radius 3 is 3.00 bits per heavy atom. The highest BCUT2D eigenvalue weighted by Gasteiger charge is 2.19. The summed E-state index contributed by atoms with van der Waals surface area (Å²) in [5, 5.41) is 0. The largest absolute Gasteiger partial charge is 0.493 e. The van der Waals surface area contributed by atoms with E-state index in [1.807, 2.05) is 19.9 Å². The smallest absolute Gasteiger partial charge is 0.125 e. The van der Waals surface area contributed by atoms with E-state index in [0.717, 1.165) is 31.5 Å². The fraction of sp³-hybridized carbons (Fsp3) is 0.462. The quantitative estimate of drug-likeness (QED) is 0.707. The van der Waals surface area contributed by atoms with Crippen molar-refractivity contribution in [2.24, 2.45) is 5.41 Å². The van der Waals surface area contributed by atoms with Crippen LogP contribution >= 0.6 is 0 Å². The van der Waals surface area contributed by atoms with Gasteiger partial charge in [-0.15, -0.1) is 0 Å². The molecule has 0 saturated carbocycles. The molecular formula is C13H16O2. The number of benzene rings is 1. The predicted molar refractivity (Wildman–Crippen MR) is 59.2 cm³/mol. The minimum Gasteiger partial charge on any atom is -0.493 e. The summed E-state index contributed by atoms with van der Waals surface area (Å²) >= 11 is 0. The van der Waals surface area contributed by atoms with Gasteiger partial charge in [-0.05, 0) is 23.6 Å². The van der Waals surface area contributed by atoms with Crippen LogP contribution in [0.5, 0.6) is 5.75 Å². The van der Waals surface area contributed by atoms with E-state index in [0.29, 0.717) is 0 Å². The summed E-state index contributed by atoms with van der Waals surface area (Å²) in [6.45, 7) is 4.71. The highest BCUT2D eigenvalue weighted by Crippen LogP contribution is 2.28. The Morgan fingerprint density at radius 2 is 2.27 bits per heavy atom. The van der Waals surface area contributed by atoms with Crippen LogP contribution in [0.3, 0.4) is 0 Å². The molecule has 1 aliphatic heterocycles. The lowest BCUT2D eigenvalue weighted by Gasteiger charge is -2.16. The van der Waals surface area contributed by atoms with E-state index >= 15 is 0 Å². The van der Waals surface area contributed by atoms with Gasteiger partial charge in [0, 0.05) is 11.8 Å². The number of hydrogen-bond donors (Lipinski definition) is 0. The third-order valence-corrected chi connectivity index (χ3v) is 2.73. The Morgan fingerprint density at radius 1 is 1.47 bits per heavy atom. The van der Waals surface area contributed by atoms with Gasteiger partial charge in [-0.25, -0.2) is 0 Å². The SMILES string of the molecule is CC(C)(C=O)Cc1ccc2c(c1)CCO2. The van der Waals surface area contributed by atoms with Gasteiger partial charge >= 0.3 is 0 Å². The number of ether oxygens (including phenoxy) is 1. The fourth-order valence-electron chi connectivity index (χ4n) is 1.92. The first-order valence-corrected chi connectivity index (χ1v) is 5.32. The topological polar surface area (TPSA) is 26.3 Å². The van der Waals surface area contributed by atoms with Crippen LogP contribution in [0.25, 0.3) is 0 Å². The van der Waals surface area contributed by atoms with Crippen molar-refractivity contribution in [3.63, 3.8) is 0 Å². The van der Waals surface area contributed by atoms with E-state index in [2.05, 4.69) is 12.1 Å². The maximum Gasteiger partial charge on any atom is 0.125 e. The predicted octanol–water partition coefficient (Wildman–Crippen LogP) is 2.39. The molecule has 1 aromatic rings. The minimum absolute atomic E-state index is 0.270. The average Bonchev–Trinajstić information content (AvgIpc) is 2.64. The second-order valence-electron chi connectivity index (χ2n) is 4.82. The van der Waals surface area contributed by atoms with Crippen molar-refractivity contribution in [3.8, 4) is 5.75 Å². The number of fused-ring (bicyclic) bond motifs is 1. The first-order valence-electron chi connectivity index (χ1n) is 5.32. The minimum atomic E-state index is -0.270. The molecule has 0 saturated heterocycles. The molecule has 0 aromatic heterocycles. The van der Waals surface area contributed by atoms with Crippen LogP contribution in [-0.2, 0) is 17.6 Å². The molecule has 0 unspecified atom stereocenters. The van der Waals surface area contributed by atoms with Crippen LogP contribution in [0.4, 0.5) is 0 Å². The molecule has 0 N–H and O–H groups in total. The Kier molecular flexibility index (Phi) is 2.51. The first-order chi connectivity index (χ1) is 7.11. The van der Waals surface area contributed by atoms with Crippen molar-refractivity contribution in [1.82, 2.24) is 0 Å². The van der Waals surface area contributed by atoms with Gasteiger partial charge in [0.05, 0.1) is 6.61 Å². The molecule has 0 radical (unpaired) electrons. The van der Waals surface area contributed by atoms with Gasteiger partial charge in [0.15, 0.2) is 0 Å². The third kappa shape index (κ3) is 2.20. The van der Waals surface area contributed by atoms with E-state index < -0.39 is 0 Å². The van der Waals surface area contributed by atoms with Crippen molar-refractivity contribution in [1.29, 1.82) is 0 Å². The van der Waals surface area contributed by atoms with Crippen LogP contribution in [0.15, 0.2) is 18.2 Å². The van der Waals surface area contributed by atoms with Gasteiger partial charge in [-0.1, -0.05) is 26.0 Å². The standard InChI is InChI=1S/C13H16O2/c1-13(2,9-14)8-10-3-4-12-11(7-10)5-6-15-12/h3-4,7,9H,5-6,8H2,1-2H3. The molecule has 0 atom stereocenters. The Balaban J connectivity index is 2.20. The maximum atomic E-state index is 10.8. The molecule has 1 aromatic carbocycles. The van der Waals surface area contributed by atoms with Crippen molar-refractivity contribution < 1.29 is 9.53 Å². The van der Waals surface area contributed by atoms with Gasteiger partial charge in [-0.2, -0.15) is 0 Å². The molecule has 1 heterocycles. The maximum absolute atomic E-state index is 10.8. The van der Waals surface area contributed by atoms with Crippen LogP contribution in [-0.4, -0.2) is 12.9 Å². The van der Waals surface area contributed by atoms with Crippen LogP contribution in [0.1, 0.15) is 25.0 Å². The van der Waals surface area contributed by atoms with E-state index in [4.69, 9.17) is 4.74 Å². The van der Waals surface area contributed by atoms with E-state index in [1.54, 1.807) is 0 Å². The van der Waals surface area contributed by atoms with Crippen molar-refractivity contribution >= 4 is 6.29 Å². The van der Waals surface area contributed by atoms with Crippen LogP contribution in [0, 0.1) is 5.41 Å². The average molecular weight is 204 g/mol. The van der Waals surface area contributed by atoms with Gasteiger partial charge < -0.3 is 9.53 Å². The molecule has 2 heteroatoms. The lowest BCUT2D eigenvalue weighted by atomic mass is 9.87. The van der Waals surface area contributed by atoms with Gasteiger partial charge in [0.1, 0.15) is 12.0 Å². The molecule has 15 heavy (non-hydrogen) atoms. The third-order valence-electron chi connectivity index (χ3n) is 2.73. The molecule has 0 aliphatic carbocycles.